The summed E-state index contributed by atoms with van der Waals surface area (Å²) in [5.41, 5.74) is 8.25. The lowest BCUT2D eigenvalue weighted by atomic mass is 9.94. The van der Waals surface area contributed by atoms with E-state index in [4.69, 9.17) is 6.85 Å². The minimum Gasteiger partial charge on any atom is -0.310 e. The van der Waals surface area contributed by atoms with Gasteiger partial charge in [0.25, 0.3) is 0 Å². The van der Waals surface area contributed by atoms with Crippen molar-refractivity contribution in [3.05, 3.63) is 188 Å². The van der Waals surface area contributed by atoms with Gasteiger partial charge in [-0.15, -0.1) is 11.3 Å². The summed E-state index contributed by atoms with van der Waals surface area (Å²) in [5.74, 6) is 0. The maximum atomic E-state index is 8.48. The topological polar surface area (TPSA) is 3.24 Å². The van der Waals surface area contributed by atoms with E-state index in [1.165, 1.54) is 31.3 Å². The Morgan fingerprint density at radius 3 is 1.77 bits per heavy atom. The van der Waals surface area contributed by atoms with Gasteiger partial charge in [0.05, 0.1) is 12.5 Å². The molecule has 226 valence electrons. The molecule has 0 atom stereocenters. The van der Waals surface area contributed by atoms with E-state index in [2.05, 4.69) is 120 Å². The van der Waals surface area contributed by atoms with Gasteiger partial charge >= 0.3 is 0 Å². The van der Waals surface area contributed by atoms with Gasteiger partial charge in [-0.1, -0.05) is 139 Å². The van der Waals surface area contributed by atoms with E-state index < -0.39 is 6.04 Å². The molecule has 1 heterocycles. The Labute approximate surface area is 291 Å². The highest BCUT2D eigenvalue weighted by atomic mass is 32.1. The number of hydrogen-bond acceptors (Lipinski definition) is 2. The third-order valence-corrected chi connectivity index (χ3v) is 10.1. The van der Waals surface area contributed by atoms with Crippen molar-refractivity contribution < 1.29 is 6.85 Å². The van der Waals surface area contributed by atoms with Crippen LogP contribution in [0.15, 0.2) is 188 Å². The van der Waals surface area contributed by atoms with E-state index >= 15 is 0 Å². The Morgan fingerprint density at radius 2 is 0.979 bits per heavy atom. The second-order valence-electron chi connectivity index (χ2n) is 11.8. The molecule has 0 fully saturated rings. The number of benzene rings is 8. The minimum absolute atomic E-state index is 0.190. The SMILES string of the molecule is [2H]c1c([2H])c([2H])c(-c2ccc(N(c3ccccc3)c3ccc(-c4ccc(-c5ccc6sc7ccccc7c6c5)cc4)c4ccccc34)cc2)c([2H])c1[2H]. The van der Waals surface area contributed by atoms with Gasteiger partial charge in [-0.3, -0.25) is 0 Å². The van der Waals surface area contributed by atoms with Gasteiger partial charge in [0.2, 0.25) is 0 Å². The van der Waals surface area contributed by atoms with Gasteiger partial charge in [-0.2, -0.15) is 0 Å². The summed E-state index contributed by atoms with van der Waals surface area (Å²) in [6.07, 6.45) is 0. The maximum absolute atomic E-state index is 8.48. The highest BCUT2D eigenvalue weighted by Crippen LogP contribution is 2.43. The number of fused-ring (bicyclic) bond motifs is 4. The fraction of sp³-hybridized carbons (Fsp3) is 0. The Hall–Kier alpha value is -5.96. The monoisotopic (exact) mass is 634 g/mol. The standard InChI is InChI=1S/C46H31NS/c1-3-11-32(12-4-1)33-23-26-38(27-24-33)47(37-13-5-2-6-14-37)44-29-28-39(40-15-7-8-16-41(40)44)35-21-19-34(20-22-35)36-25-30-46-43(31-36)42-17-9-10-18-45(42)48-46/h1-31H/i1D,3D,4D,11D,12D. The molecule has 0 amide bonds. The lowest BCUT2D eigenvalue weighted by Gasteiger charge is -2.27. The van der Waals surface area contributed by atoms with Crippen LogP contribution in [0.1, 0.15) is 6.85 Å². The van der Waals surface area contributed by atoms with Crippen molar-refractivity contribution >= 4 is 59.3 Å². The number of hydrogen-bond donors (Lipinski definition) is 0. The Balaban J connectivity index is 1.11. The molecule has 2 heteroatoms. The van der Waals surface area contributed by atoms with Crippen LogP contribution < -0.4 is 4.90 Å². The van der Waals surface area contributed by atoms with Crippen molar-refractivity contribution in [3.8, 4) is 33.4 Å². The van der Waals surface area contributed by atoms with Crippen LogP contribution in [0.3, 0.4) is 0 Å². The molecule has 9 rings (SSSR count). The third-order valence-electron chi connectivity index (χ3n) is 8.98. The summed E-state index contributed by atoms with van der Waals surface area (Å²) in [7, 11) is 0. The van der Waals surface area contributed by atoms with Crippen molar-refractivity contribution in [2.45, 2.75) is 0 Å². The van der Waals surface area contributed by atoms with Crippen LogP contribution in [-0.4, -0.2) is 0 Å². The average Bonchev–Trinajstić information content (AvgIpc) is 3.59. The Bertz CT molecular complexity index is 2800. The number of rotatable bonds is 6. The third kappa shape index (κ3) is 5.04. The Morgan fingerprint density at radius 1 is 0.396 bits per heavy atom. The van der Waals surface area contributed by atoms with E-state index in [-0.39, 0.29) is 29.7 Å². The van der Waals surface area contributed by atoms with Crippen LogP contribution >= 0.6 is 11.3 Å². The maximum Gasteiger partial charge on any atom is 0.0629 e. The van der Waals surface area contributed by atoms with Crippen molar-refractivity contribution in [3.63, 3.8) is 0 Å². The normalized spacial score (nSPS) is 12.8. The van der Waals surface area contributed by atoms with Crippen LogP contribution in [0.25, 0.3) is 64.3 Å². The molecule has 8 aromatic carbocycles. The zero-order valence-electron chi connectivity index (χ0n) is 30.9. The van der Waals surface area contributed by atoms with Crippen molar-refractivity contribution in [2.75, 3.05) is 4.90 Å². The quantitative estimate of drug-likeness (QED) is 0.176. The zero-order chi connectivity index (χ0) is 36.2. The molecule has 0 unspecified atom stereocenters. The molecule has 0 radical (unpaired) electrons. The molecule has 0 saturated carbocycles. The predicted octanol–water partition coefficient (Wildman–Crippen LogP) is 13.7. The first-order valence-electron chi connectivity index (χ1n) is 18.4. The first-order valence-corrected chi connectivity index (χ1v) is 16.8. The molecule has 0 aliphatic carbocycles. The summed E-state index contributed by atoms with van der Waals surface area (Å²) in [6.45, 7) is 0. The molecular formula is C46H31NS. The van der Waals surface area contributed by atoms with Crippen LogP contribution in [0, 0.1) is 0 Å². The number of thiophene rings is 1. The van der Waals surface area contributed by atoms with E-state index in [0.29, 0.717) is 5.56 Å². The largest absolute Gasteiger partial charge is 0.310 e. The second kappa shape index (κ2) is 12.0. The van der Waals surface area contributed by atoms with Gasteiger partial charge < -0.3 is 4.90 Å². The Kier molecular flexibility index (Phi) is 5.84. The molecule has 0 aliphatic rings. The lowest BCUT2D eigenvalue weighted by molar-refractivity contribution is 1.30. The van der Waals surface area contributed by atoms with Gasteiger partial charge in [0, 0.05) is 36.9 Å². The molecule has 1 aromatic heterocycles. The van der Waals surface area contributed by atoms with E-state index in [1.54, 1.807) is 0 Å². The fourth-order valence-corrected chi connectivity index (χ4v) is 7.74. The van der Waals surface area contributed by atoms with Gasteiger partial charge in [-0.05, 0) is 87.3 Å². The van der Waals surface area contributed by atoms with Crippen LogP contribution in [0.5, 0.6) is 0 Å². The van der Waals surface area contributed by atoms with Crippen LogP contribution in [0.4, 0.5) is 17.1 Å². The van der Waals surface area contributed by atoms with Crippen LogP contribution in [0.2, 0.25) is 0 Å². The second-order valence-corrected chi connectivity index (χ2v) is 12.9. The molecule has 0 spiro atoms. The van der Waals surface area contributed by atoms with Gasteiger partial charge in [0.1, 0.15) is 0 Å². The molecule has 0 bridgehead atoms. The van der Waals surface area contributed by atoms with Crippen LogP contribution in [-0.2, 0) is 0 Å². The molecule has 0 saturated heterocycles. The van der Waals surface area contributed by atoms with E-state index in [9.17, 15) is 0 Å². The van der Waals surface area contributed by atoms with Crippen molar-refractivity contribution in [2.24, 2.45) is 0 Å². The first-order chi connectivity index (χ1) is 25.9. The van der Waals surface area contributed by atoms with Gasteiger partial charge in [-0.25, -0.2) is 0 Å². The molecule has 0 aliphatic heterocycles. The number of para-hydroxylation sites is 1. The summed E-state index contributed by atoms with van der Waals surface area (Å²) >= 11 is 1.83. The highest BCUT2D eigenvalue weighted by Gasteiger charge is 2.17. The summed E-state index contributed by atoms with van der Waals surface area (Å²) in [6, 6.07) is 53.2. The molecule has 9 aromatic rings. The molecule has 0 N–H and O–H groups in total. The molecule has 48 heavy (non-hydrogen) atoms. The number of anilines is 3. The average molecular weight is 635 g/mol. The van der Waals surface area contributed by atoms with Crippen molar-refractivity contribution in [1.29, 1.82) is 0 Å². The molecular weight excluding hydrogens is 599 g/mol. The zero-order valence-corrected chi connectivity index (χ0v) is 26.7. The minimum atomic E-state index is -0.397. The predicted molar refractivity (Wildman–Crippen MR) is 208 cm³/mol. The smallest absolute Gasteiger partial charge is 0.0629 e. The lowest BCUT2D eigenvalue weighted by Crippen LogP contribution is -2.10. The van der Waals surface area contributed by atoms with E-state index in [0.717, 1.165) is 39.0 Å². The highest BCUT2D eigenvalue weighted by molar-refractivity contribution is 7.25. The number of nitrogens with zero attached hydrogens (tertiary/aromatic N) is 1. The van der Waals surface area contributed by atoms with Crippen molar-refractivity contribution in [1.82, 2.24) is 0 Å². The first kappa shape index (κ1) is 23.4. The fourth-order valence-electron chi connectivity index (χ4n) is 6.65. The molecule has 1 nitrogen and oxygen atoms in total. The van der Waals surface area contributed by atoms with Gasteiger partial charge in [0.15, 0.2) is 0 Å². The van der Waals surface area contributed by atoms with E-state index in [1.807, 2.05) is 53.8 Å². The summed E-state index contributed by atoms with van der Waals surface area (Å²) in [4.78, 5) is 2.20. The summed E-state index contributed by atoms with van der Waals surface area (Å²) in [5, 5.41) is 4.80. The summed E-state index contributed by atoms with van der Waals surface area (Å²) < 4.78 is 43.9.